The second kappa shape index (κ2) is 8.94. The predicted octanol–water partition coefficient (Wildman–Crippen LogP) is 1.75. The van der Waals surface area contributed by atoms with E-state index in [-0.39, 0.29) is 18.2 Å². The van der Waals surface area contributed by atoms with Gasteiger partial charge in [-0.25, -0.2) is 4.79 Å². The minimum absolute atomic E-state index is 0.121. The second-order valence-corrected chi connectivity index (χ2v) is 18.2. The summed E-state index contributed by atoms with van der Waals surface area (Å²) >= 11 is 0. The number of rotatable bonds is 6. The van der Waals surface area contributed by atoms with Crippen LogP contribution in [0.15, 0.2) is 46.1 Å². The Hall–Kier alpha value is -2.13. The van der Waals surface area contributed by atoms with Crippen molar-refractivity contribution < 1.29 is 26.5 Å². The van der Waals surface area contributed by atoms with Crippen LogP contribution in [0.2, 0.25) is 18.1 Å². The van der Waals surface area contributed by atoms with E-state index in [1.807, 2.05) is 43.4 Å². The molecule has 2 N–H and O–H groups in total. The van der Waals surface area contributed by atoms with E-state index < -0.39 is 65.2 Å². The molecule has 3 aliphatic heterocycles. The summed E-state index contributed by atoms with van der Waals surface area (Å²) in [5, 5.41) is 3.00. The topological polar surface area (TPSA) is 138 Å². The van der Waals surface area contributed by atoms with E-state index in [4.69, 9.17) is 18.1 Å². The van der Waals surface area contributed by atoms with Crippen LogP contribution in [0.5, 0.6) is 0 Å². The van der Waals surface area contributed by atoms with Gasteiger partial charge in [0.25, 0.3) is 15.7 Å². The number of aromatic nitrogens is 2. The molecule has 0 aliphatic carbocycles. The molecule has 1 aromatic heterocycles. The van der Waals surface area contributed by atoms with Crippen LogP contribution in [0.1, 0.15) is 38.1 Å². The lowest BCUT2D eigenvalue weighted by Crippen LogP contribution is -2.66. The molecule has 208 valence electrons. The maximum Gasteiger partial charge on any atom is 0.330 e. The third-order valence-corrected chi connectivity index (χ3v) is 14.0. The van der Waals surface area contributed by atoms with Gasteiger partial charge in [-0.15, -0.1) is 0 Å². The molecule has 38 heavy (non-hydrogen) atoms. The fourth-order valence-corrected chi connectivity index (χ4v) is 8.26. The summed E-state index contributed by atoms with van der Waals surface area (Å²) in [6.45, 7) is 12.2. The number of H-pyrrole nitrogens is 1. The van der Waals surface area contributed by atoms with Crippen molar-refractivity contribution in [2.45, 2.75) is 82.2 Å². The molecule has 3 saturated heterocycles. The van der Waals surface area contributed by atoms with E-state index >= 15 is 0 Å². The summed E-state index contributed by atoms with van der Waals surface area (Å²) in [6.07, 6.45) is -1.50. The minimum atomic E-state index is -4.06. The van der Waals surface area contributed by atoms with Crippen molar-refractivity contribution in [1.82, 2.24) is 14.9 Å². The average molecular weight is 566 g/mol. The van der Waals surface area contributed by atoms with Crippen molar-refractivity contribution >= 4 is 18.4 Å². The van der Waals surface area contributed by atoms with Gasteiger partial charge < -0.3 is 13.9 Å². The third kappa shape index (κ3) is 4.24. The fraction of sp³-hybridized carbons (Fsp3) is 0.600. The summed E-state index contributed by atoms with van der Waals surface area (Å²) in [5.41, 5.74) is -3.13. The van der Waals surface area contributed by atoms with Crippen LogP contribution in [-0.2, 0) is 34.8 Å². The summed E-state index contributed by atoms with van der Waals surface area (Å²) in [4.78, 5) is 27.4. The molecular formula is C25H35N3O8SSi. The van der Waals surface area contributed by atoms with Gasteiger partial charge >= 0.3 is 5.69 Å². The van der Waals surface area contributed by atoms with Crippen LogP contribution in [0.4, 0.5) is 0 Å². The molecule has 1 spiro atoms. The molecular weight excluding hydrogens is 530 g/mol. The lowest BCUT2D eigenvalue weighted by Gasteiger charge is -2.45. The van der Waals surface area contributed by atoms with Gasteiger partial charge in [-0.1, -0.05) is 51.1 Å². The number of hydrogen-bond donors (Lipinski definition) is 2. The fourth-order valence-electron chi connectivity index (χ4n) is 5.25. The van der Waals surface area contributed by atoms with Crippen LogP contribution in [0.25, 0.3) is 0 Å². The molecule has 0 unspecified atom stereocenters. The number of aromatic amines is 1. The number of aryl methyl sites for hydroxylation is 1. The molecule has 5 rings (SSSR count). The molecule has 4 heterocycles. The Kier molecular flexibility index (Phi) is 6.46. The van der Waals surface area contributed by atoms with Crippen molar-refractivity contribution in [3.05, 3.63) is 68.5 Å². The zero-order valence-electron chi connectivity index (χ0n) is 22.4. The van der Waals surface area contributed by atoms with E-state index in [1.165, 1.54) is 10.8 Å². The highest BCUT2D eigenvalue weighted by atomic mass is 32.2. The van der Waals surface area contributed by atoms with Crippen molar-refractivity contribution in [2.24, 2.45) is 0 Å². The Morgan fingerprint density at radius 2 is 1.87 bits per heavy atom. The predicted molar refractivity (Wildman–Crippen MR) is 142 cm³/mol. The van der Waals surface area contributed by atoms with Gasteiger partial charge in [0.2, 0.25) is 0 Å². The van der Waals surface area contributed by atoms with Crippen LogP contribution in [0, 0.1) is 6.92 Å². The zero-order valence-corrected chi connectivity index (χ0v) is 24.3. The smallest absolute Gasteiger partial charge is 0.330 e. The van der Waals surface area contributed by atoms with E-state index in [9.17, 15) is 18.0 Å². The molecule has 11 nitrogen and oxygen atoms in total. The number of benzene rings is 1. The van der Waals surface area contributed by atoms with Gasteiger partial charge in [-0.2, -0.15) is 8.42 Å². The van der Waals surface area contributed by atoms with Crippen molar-refractivity contribution in [3.8, 4) is 0 Å². The normalized spacial score (nSPS) is 32.3. The number of nitrogens with one attached hydrogen (secondary N) is 2. The summed E-state index contributed by atoms with van der Waals surface area (Å²) in [6, 6.07) is 9.42. The highest BCUT2D eigenvalue weighted by Crippen LogP contribution is 2.57. The minimum Gasteiger partial charge on any atom is -0.406 e. The van der Waals surface area contributed by atoms with E-state index in [1.54, 1.807) is 6.92 Å². The molecule has 3 aliphatic rings. The first kappa shape index (κ1) is 27.4. The van der Waals surface area contributed by atoms with Gasteiger partial charge in [0.15, 0.2) is 25.9 Å². The molecule has 0 amide bonds. The van der Waals surface area contributed by atoms with Crippen LogP contribution >= 0.6 is 0 Å². The first-order chi connectivity index (χ1) is 17.6. The van der Waals surface area contributed by atoms with Crippen LogP contribution in [-0.4, -0.2) is 62.1 Å². The largest absolute Gasteiger partial charge is 0.406 e. The number of ether oxygens (including phenoxy) is 2. The molecule has 0 bridgehead atoms. The number of nitrogens with zero attached hydrogens (tertiary/aromatic N) is 1. The SMILES string of the molecule is Cc1cn([C@@H]2O[C@@H]3CN[C@@]4(OCc5ccccc5)CS(=O)(=O)O[C@@]34[C@H]2O[Si](C)(C)C(C)(C)C)c(=O)[nH]c1=O. The Balaban J connectivity index is 1.66. The maximum atomic E-state index is 13.2. The third-order valence-electron chi connectivity index (χ3n) is 8.29. The Morgan fingerprint density at radius 1 is 1.18 bits per heavy atom. The average Bonchev–Trinajstić information content (AvgIpc) is 3.35. The summed E-state index contributed by atoms with van der Waals surface area (Å²) < 4.78 is 53.3. The number of hydrogen-bond acceptors (Lipinski definition) is 9. The standard InChI is InChI=1S/C25H35N3O8SSi/c1-16-13-28(22(30)27-20(16)29)21-19(35-38(5,6)23(2,3)4)25-18(34-21)12-26-24(25,15-37(31,32)36-25)33-14-17-10-8-7-9-11-17/h7-11,13,18-19,21,26H,12,14-15H2,1-6H3,(H,27,29,30)/t18-,19+,21-,24-,25-/m1/s1. The van der Waals surface area contributed by atoms with E-state index in [0.29, 0.717) is 5.56 Å². The Bertz CT molecular complexity index is 1450. The van der Waals surface area contributed by atoms with Gasteiger partial charge in [-0.05, 0) is 30.6 Å². The van der Waals surface area contributed by atoms with Crippen LogP contribution < -0.4 is 16.6 Å². The van der Waals surface area contributed by atoms with Gasteiger partial charge in [-0.3, -0.25) is 23.8 Å². The van der Waals surface area contributed by atoms with E-state index in [2.05, 4.69) is 31.1 Å². The molecule has 0 saturated carbocycles. The highest BCUT2D eigenvalue weighted by molar-refractivity contribution is 7.87. The molecule has 1 aromatic carbocycles. The summed E-state index contributed by atoms with van der Waals surface area (Å²) in [5.74, 6) is -0.448. The second-order valence-electron chi connectivity index (χ2n) is 11.9. The van der Waals surface area contributed by atoms with Gasteiger partial charge in [0.05, 0.1) is 6.61 Å². The monoisotopic (exact) mass is 565 g/mol. The molecule has 3 fully saturated rings. The maximum absolute atomic E-state index is 13.2. The molecule has 2 aromatic rings. The van der Waals surface area contributed by atoms with Crippen molar-refractivity contribution in [3.63, 3.8) is 0 Å². The quantitative estimate of drug-likeness (QED) is 0.396. The lowest BCUT2D eigenvalue weighted by molar-refractivity contribution is -0.174. The molecule has 13 heteroatoms. The first-order valence-electron chi connectivity index (χ1n) is 12.6. The van der Waals surface area contributed by atoms with Gasteiger partial charge in [0, 0.05) is 18.3 Å². The zero-order chi connectivity index (χ0) is 27.7. The van der Waals surface area contributed by atoms with Crippen molar-refractivity contribution in [2.75, 3.05) is 12.3 Å². The van der Waals surface area contributed by atoms with Gasteiger partial charge in [0.1, 0.15) is 18.0 Å². The Morgan fingerprint density at radius 3 is 2.53 bits per heavy atom. The molecule has 0 radical (unpaired) electrons. The Labute approximate surface area is 222 Å². The lowest BCUT2D eigenvalue weighted by atomic mass is 9.85. The highest BCUT2D eigenvalue weighted by Gasteiger charge is 2.80. The molecule has 5 atom stereocenters. The van der Waals surface area contributed by atoms with Crippen LogP contribution in [0.3, 0.4) is 0 Å². The first-order valence-corrected chi connectivity index (χ1v) is 17.1. The van der Waals surface area contributed by atoms with Crippen molar-refractivity contribution in [1.29, 1.82) is 0 Å². The summed E-state index contributed by atoms with van der Waals surface area (Å²) in [7, 11) is -6.67. The van der Waals surface area contributed by atoms with E-state index in [0.717, 1.165) is 5.56 Å².